The van der Waals surface area contributed by atoms with Gasteiger partial charge in [0.1, 0.15) is 11.2 Å². The van der Waals surface area contributed by atoms with E-state index in [9.17, 15) is 4.79 Å². The number of methoxy groups -OCH3 is 1. The van der Waals surface area contributed by atoms with Crippen LogP contribution in [-0.4, -0.2) is 35.0 Å². The molecule has 0 saturated carbocycles. The third-order valence-corrected chi connectivity index (χ3v) is 6.09. The summed E-state index contributed by atoms with van der Waals surface area (Å²) in [4.78, 5) is 21.5. The van der Waals surface area contributed by atoms with Crippen molar-refractivity contribution in [2.45, 2.75) is 31.8 Å². The Morgan fingerprint density at radius 2 is 2.29 bits per heavy atom. The maximum absolute atomic E-state index is 12.6. The van der Waals surface area contributed by atoms with Gasteiger partial charge >= 0.3 is 0 Å². The Bertz CT molecular complexity index is 932. The number of hydrogen-bond acceptors (Lipinski definition) is 7. The number of amidine groups is 1. The monoisotopic (exact) mass is 398 g/mol. The second-order valence-corrected chi connectivity index (χ2v) is 7.92. The summed E-state index contributed by atoms with van der Waals surface area (Å²) in [6, 6.07) is 9.35. The molecule has 0 radical (unpaired) electrons. The highest BCUT2D eigenvalue weighted by Gasteiger charge is 2.46. The highest BCUT2D eigenvalue weighted by Crippen LogP contribution is 2.45. The van der Waals surface area contributed by atoms with Crippen molar-refractivity contribution < 1.29 is 14.3 Å². The first-order chi connectivity index (χ1) is 13.5. The van der Waals surface area contributed by atoms with Crippen LogP contribution in [0.5, 0.6) is 0 Å². The van der Waals surface area contributed by atoms with Gasteiger partial charge in [0.05, 0.1) is 19.3 Å². The van der Waals surface area contributed by atoms with Crippen LogP contribution in [0.4, 0.5) is 5.69 Å². The summed E-state index contributed by atoms with van der Waals surface area (Å²) in [6.45, 7) is 3.00. The van der Waals surface area contributed by atoms with Crippen molar-refractivity contribution in [2.24, 2.45) is 10.7 Å². The lowest BCUT2D eigenvalue weighted by Gasteiger charge is -2.38. The molecule has 4 rings (SSSR count). The topological polar surface area (TPSA) is 98.8 Å². The predicted octanol–water partition coefficient (Wildman–Crippen LogP) is 2.66. The number of benzene rings is 1. The van der Waals surface area contributed by atoms with Gasteiger partial charge in [-0.2, -0.15) is 0 Å². The van der Waals surface area contributed by atoms with E-state index in [2.05, 4.69) is 10.3 Å². The number of fused-ring (bicyclic) bond motifs is 2. The van der Waals surface area contributed by atoms with E-state index in [1.807, 2.05) is 31.2 Å². The normalized spacial score (nSPS) is 23.4. The minimum Gasteiger partial charge on any atom is -0.380 e. The van der Waals surface area contributed by atoms with E-state index >= 15 is 0 Å². The molecule has 2 unspecified atom stereocenters. The number of nitrogens with zero attached hydrogens (tertiary/aromatic N) is 2. The van der Waals surface area contributed by atoms with Crippen LogP contribution in [0.3, 0.4) is 0 Å². The molecule has 2 aliphatic rings. The lowest BCUT2D eigenvalue weighted by molar-refractivity contribution is -0.00896. The van der Waals surface area contributed by atoms with Gasteiger partial charge in [-0.15, -0.1) is 0 Å². The molecule has 0 fully saturated rings. The summed E-state index contributed by atoms with van der Waals surface area (Å²) in [7, 11) is 1.62. The van der Waals surface area contributed by atoms with Crippen LogP contribution in [0.15, 0.2) is 41.5 Å². The fourth-order valence-electron chi connectivity index (χ4n) is 3.55. The average molecular weight is 398 g/mol. The molecule has 0 bridgehead atoms. The molecule has 2 atom stereocenters. The van der Waals surface area contributed by atoms with Gasteiger partial charge in [-0.1, -0.05) is 23.9 Å². The highest BCUT2D eigenvalue weighted by atomic mass is 32.2. The van der Waals surface area contributed by atoms with E-state index in [-0.39, 0.29) is 12.0 Å². The van der Waals surface area contributed by atoms with Crippen LogP contribution in [0, 0.1) is 0 Å². The molecule has 3 heterocycles. The summed E-state index contributed by atoms with van der Waals surface area (Å²) in [5.74, 6) is 0.467. The molecular weight excluding hydrogens is 376 g/mol. The van der Waals surface area contributed by atoms with Crippen LogP contribution < -0.4 is 11.1 Å². The third kappa shape index (κ3) is 3.39. The largest absolute Gasteiger partial charge is 0.380 e. The maximum Gasteiger partial charge on any atom is 0.274 e. The SMILES string of the molecule is COCc1ccc(C(=O)Nc2ccc3c(c2)C2(CSC(N)=N2)C(C)OC3)nc1. The van der Waals surface area contributed by atoms with Gasteiger partial charge in [0.25, 0.3) is 5.91 Å². The van der Waals surface area contributed by atoms with Crippen molar-refractivity contribution in [1.29, 1.82) is 0 Å². The van der Waals surface area contributed by atoms with Crippen molar-refractivity contribution in [1.82, 2.24) is 4.98 Å². The van der Waals surface area contributed by atoms with Crippen molar-refractivity contribution in [3.05, 3.63) is 58.9 Å². The molecule has 0 aliphatic carbocycles. The molecule has 3 N–H and O–H groups in total. The number of pyridine rings is 1. The van der Waals surface area contributed by atoms with Crippen LogP contribution >= 0.6 is 11.8 Å². The Balaban J connectivity index is 1.59. The van der Waals surface area contributed by atoms with Gasteiger partial charge in [0, 0.05) is 24.7 Å². The van der Waals surface area contributed by atoms with E-state index in [1.54, 1.807) is 19.4 Å². The molecule has 7 nitrogen and oxygen atoms in total. The van der Waals surface area contributed by atoms with E-state index in [0.29, 0.717) is 29.8 Å². The first kappa shape index (κ1) is 18.9. The summed E-state index contributed by atoms with van der Waals surface area (Å²) >= 11 is 1.53. The van der Waals surface area contributed by atoms with Crippen molar-refractivity contribution in [3.8, 4) is 0 Å². The number of aliphatic imine (C=N–C) groups is 1. The minimum absolute atomic E-state index is 0.0884. The zero-order valence-electron chi connectivity index (χ0n) is 15.8. The first-order valence-electron chi connectivity index (χ1n) is 9.00. The van der Waals surface area contributed by atoms with Crippen molar-refractivity contribution >= 4 is 28.5 Å². The second kappa shape index (κ2) is 7.54. The van der Waals surface area contributed by atoms with Gasteiger partial charge in [0.15, 0.2) is 5.17 Å². The van der Waals surface area contributed by atoms with Gasteiger partial charge in [-0.05, 0) is 41.8 Å². The number of amides is 1. The number of ether oxygens (including phenoxy) is 2. The Morgan fingerprint density at radius 3 is 2.96 bits per heavy atom. The molecule has 1 spiro atoms. The number of thioether (sulfide) groups is 1. The zero-order chi connectivity index (χ0) is 19.7. The quantitative estimate of drug-likeness (QED) is 0.822. The number of hydrogen-bond donors (Lipinski definition) is 2. The molecule has 8 heteroatoms. The van der Waals surface area contributed by atoms with E-state index in [0.717, 1.165) is 22.4 Å². The predicted molar refractivity (Wildman–Crippen MR) is 109 cm³/mol. The number of carbonyl (C=O) groups excluding carboxylic acids is 1. The van der Waals surface area contributed by atoms with Gasteiger partial charge in [0.2, 0.25) is 0 Å². The zero-order valence-corrected chi connectivity index (χ0v) is 16.6. The van der Waals surface area contributed by atoms with Crippen LogP contribution in [-0.2, 0) is 28.2 Å². The molecule has 0 saturated heterocycles. The van der Waals surface area contributed by atoms with E-state index < -0.39 is 5.54 Å². The van der Waals surface area contributed by atoms with Crippen LogP contribution in [0.25, 0.3) is 0 Å². The van der Waals surface area contributed by atoms with Gasteiger partial charge in [-0.25, -0.2) is 4.99 Å². The molecule has 2 aliphatic heterocycles. The lowest BCUT2D eigenvalue weighted by atomic mass is 9.82. The fourth-order valence-corrected chi connectivity index (χ4v) is 4.60. The summed E-state index contributed by atoms with van der Waals surface area (Å²) in [5, 5.41) is 3.50. The van der Waals surface area contributed by atoms with Gasteiger partial charge < -0.3 is 20.5 Å². The summed E-state index contributed by atoms with van der Waals surface area (Å²) in [5.41, 5.74) is 9.53. The third-order valence-electron chi connectivity index (χ3n) is 5.11. The summed E-state index contributed by atoms with van der Waals surface area (Å²) in [6.07, 6.45) is 1.56. The number of rotatable bonds is 4. The smallest absolute Gasteiger partial charge is 0.274 e. The molecule has 146 valence electrons. The number of carbonyl (C=O) groups is 1. The molecule has 1 amide bonds. The number of anilines is 1. The highest BCUT2D eigenvalue weighted by molar-refractivity contribution is 8.14. The molecule has 2 aromatic rings. The Hall–Kier alpha value is -2.42. The Kier molecular flexibility index (Phi) is 5.09. The van der Waals surface area contributed by atoms with Crippen molar-refractivity contribution in [3.63, 3.8) is 0 Å². The summed E-state index contributed by atoms with van der Waals surface area (Å²) < 4.78 is 11.0. The first-order valence-corrected chi connectivity index (χ1v) is 9.99. The molecule has 28 heavy (non-hydrogen) atoms. The van der Waals surface area contributed by atoms with Crippen LogP contribution in [0.1, 0.15) is 34.1 Å². The number of aromatic nitrogens is 1. The second-order valence-electron chi connectivity index (χ2n) is 6.93. The van der Waals surface area contributed by atoms with E-state index in [1.165, 1.54) is 11.8 Å². The standard InChI is InChI=1S/C20H22N4O3S/c1-12-20(11-28-19(21)24-20)16-7-15(5-4-14(16)10-27-12)23-18(25)17-6-3-13(8-22-17)9-26-2/h3-8,12H,9-11H2,1-2H3,(H2,21,24)(H,23,25). The Labute approximate surface area is 167 Å². The molecular formula is C20H22N4O3S. The number of nitrogens with one attached hydrogen (secondary N) is 1. The van der Waals surface area contributed by atoms with E-state index in [4.69, 9.17) is 20.2 Å². The molecule has 1 aromatic heterocycles. The lowest BCUT2D eigenvalue weighted by Crippen LogP contribution is -2.42. The van der Waals surface area contributed by atoms with Gasteiger partial charge in [-0.3, -0.25) is 9.78 Å². The van der Waals surface area contributed by atoms with Crippen molar-refractivity contribution in [2.75, 3.05) is 18.2 Å². The minimum atomic E-state index is -0.511. The average Bonchev–Trinajstić information content (AvgIpc) is 3.09. The fraction of sp³-hybridized carbons (Fsp3) is 0.350. The van der Waals surface area contributed by atoms with Crippen LogP contribution in [0.2, 0.25) is 0 Å². The Morgan fingerprint density at radius 1 is 1.43 bits per heavy atom. The maximum atomic E-state index is 12.6. The number of nitrogens with two attached hydrogens (primary N) is 1. The molecule has 1 aromatic carbocycles.